The fourth-order valence-corrected chi connectivity index (χ4v) is 6.59. The van der Waals surface area contributed by atoms with Crippen LogP contribution >= 0.6 is 11.6 Å². The van der Waals surface area contributed by atoms with Gasteiger partial charge in [0, 0.05) is 41.9 Å². The van der Waals surface area contributed by atoms with Crippen LogP contribution in [0, 0.1) is 17.5 Å². The number of anilines is 1. The highest BCUT2D eigenvalue weighted by atomic mass is 35.5. The number of furan rings is 1. The lowest BCUT2D eigenvalue weighted by Crippen LogP contribution is -2.25. The van der Waals surface area contributed by atoms with Gasteiger partial charge < -0.3 is 4.42 Å². The minimum absolute atomic E-state index is 0.0418. The number of rotatable bonds is 7. The van der Waals surface area contributed by atoms with Gasteiger partial charge in [-0.3, -0.25) is 13.5 Å². The first kappa shape index (κ1) is 30.7. The van der Waals surface area contributed by atoms with Crippen LogP contribution in [-0.4, -0.2) is 41.9 Å². The largest absolute Gasteiger partial charge is 0.455 e. The Kier molecular flexibility index (Phi) is 7.25. The van der Waals surface area contributed by atoms with Crippen LogP contribution in [0.2, 0.25) is 0 Å². The van der Waals surface area contributed by atoms with Gasteiger partial charge in [-0.2, -0.15) is 0 Å². The normalized spacial score (nSPS) is 12.1. The smallest absolute Gasteiger partial charge is 0.232 e. The molecule has 47 heavy (non-hydrogen) atoms. The van der Waals surface area contributed by atoms with E-state index >= 15 is 4.39 Å². The molecule has 0 fully saturated rings. The summed E-state index contributed by atoms with van der Waals surface area (Å²) in [4.78, 5) is 22.9. The molecule has 238 valence electrons. The second-order valence-electron chi connectivity index (χ2n) is 11.1. The predicted molar refractivity (Wildman–Crippen MR) is 176 cm³/mol. The van der Waals surface area contributed by atoms with E-state index < -0.39 is 27.5 Å². The molecule has 13 heteroatoms. The van der Waals surface area contributed by atoms with E-state index in [1.165, 1.54) is 25.2 Å². The minimum Gasteiger partial charge on any atom is -0.455 e. The van der Waals surface area contributed by atoms with Crippen molar-refractivity contribution in [3.8, 4) is 22.6 Å². The average molecular weight is 677 g/mol. The van der Waals surface area contributed by atoms with Gasteiger partial charge in [-0.05, 0) is 48.5 Å². The van der Waals surface area contributed by atoms with Gasteiger partial charge in [0.1, 0.15) is 40.1 Å². The molecule has 0 saturated heterocycles. The second kappa shape index (κ2) is 11.1. The monoisotopic (exact) mass is 676 g/mol. The van der Waals surface area contributed by atoms with Crippen LogP contribution in [0.3, 0.4) is 0 Å². The summed E-state index contributed by atoms with van der Waals surface area (Å²) >= 11 is 6.26. The van der Waals surface area contributed by atoms with E-state index in [0.717, 1.165) is 16.6 Å². The number of fused-ring (bicyclic) bond motifs is 6. The van der Waals surface area contributed by atoms with E-state index in [2.05, 4.69) is 4.98 Å². The summed E-state index contributed by atoms with van der Waals surface area (Å²) in [5.74, 6) is -2.12. The maximum absolute atomic E-state index is 15.0. The van der Waals surface area contributed by atoms with Crippen LogP contribution in [0.4, 0.5) is 18.9 Å². The summed E-state index contributed by atoms with van der Waals surface area (Å²) in [5.41, 5.74) is 2.78. The molecule has 0 saturated carbocycles. The third-order valence-corrected chi connectivity index (χ3v) is 9.66. The molecular weight excluding hydrogens is 653 g/mol. The maximum Gasteiger partial charge on any atom is 0.232 e. The van der Waals surface area contributed by atoms with Crippen molar-refractivity contribution in [1.29, 1.82) is 0 Å². The van der Waals surface area contributed by atoms with Crippen molar-refractivity contribution in [3.63, 3.8) is 0 Å². The number of Topliss-reactive ketones (excluding diaryl/α,β-unsaturated/α-hetero) is 1. The van der Waals surface area contributed by atoms with Crippen LogP contribution in [-0.2, 0) is 15.9 Å². The molecule has 0 aliphatic heterocycles. The number of pyridine rings is 1. The summed E-state index contributed by atoms with van der Waals surface area (Å²) in [6.07, 6.45) is 1.08. The van der Waals surface area contributed by atoms with Gasteiger partial charge in [-0.1, -0.05) is 13.0 Å². The van der Waals surface area contributed by atoms with Gasteiger partial charge in [-0.25, -0.2) is 31.6 Å². The number of nitrogens with zero attached hydrogens (tertiary/aromatic N) is 4. The molecule has 0 atom stereocenters. The number of ketones is 1. The Morgan fingerprint density at radius 3 is 2.43 bits per heavy atom. The molecule has 0 N–H and O–H groups in total. The molecule has 8 nitrogen and oxygen atoms in total. The van der Waals surface area contributed by atoms with Crippen molar-refractivity contribution < 1.29 is 30.8 Å². The molecule has 3 aromatic carbocycles. The van der Waals surface area contributed by atoms with Gasteiger partial charge >= 0.3 is 0 Å². The van der Waals surface area contributed by atoms with Gasteiger partial charge in [0.25, 0.3) is 0 Å². The Labute approximate surface area is 271 Å². The van der Waals surface area contributed by atoms with Crippen LogP contribution in [0.15, 0.2) is 71.1 Å². The molecule has 0 aliphatic rings. The van der Waals surface area contributed by atoms with Crippen LogP contribution < -0.4 is 4.31 Å². The molecular formula is C34H24ClF3N4O4S. The van der Waals surface area contributed by atoms with Crippen LogP contribution in [0.5, 0.6) is 0 Å². The Morgan fingerprint density at radius 2 is 1.72 bits per heavy atom. The molecule has 0 spiro atoms. The first-order valence-electron chi connectivity index (χ1n) is 14.4. The Hall–Kier alpha value is -4.94. The minimum atomic E-state index is -3.83. The third kappa shape index (κ3) is 4.90. The van der Waals surface area contributed by atoms with E-state index in [9.17, 15) is 22.0 Å². The predicted octanol–water partition coefficient (Wildman–Crippen LogP) is 8.26. The average Bonchev–Trinajstić information content (AvgIpc) is 3.62. The summed E-state index contributed by atoms with van der Waals surface area (Å²) in [6, 6.07) is 15.6. The van der Waals surface area contributed by atoms with Crippen LogP contribution in [0.1, 0.15) is 29.5 Å². The van der Waals surface area contributed by atoms with E-state index in [1.807, 2.05) is 0 Å². The van der Waals surface area contributed by atoms with Crippen LogP contribution in [0.25, 0.3) is 61.0 Å². The molecule has 4 heterocycles. The molecule has 0 amide bonds. The van der Waals surface area contributed by atoms with E-state index in [0.29, 0.717) is 50.6 Å². The third-order valence-electron chi connectivity index (χ3n) is 8.23. The molecule has 4 aromatic heterocycles. The fourth-order valence-electron chi connectivity index (χ4n) is 5.90. The summed E-state index contributed by atoms with van der Waals surface area (Å²) in [7, 11) is -2.47. The van der Waals surface area contributed by atoms with Crippen molar-refractivity contribution in [2.45, 2.75) is 19.2 Å². The number of aromatic nitrogens is 3. The van der Waals surface area contributed by atoms with Gasteiger partial charge in [0.05, 0.1) is 51.2 Å². The highest BCUT2D eigenvalue weighted by Crippen LogP contribution is 2.42. The van der Waals surface area contributed by atoms with Crippen molar-refractivity contribution in [3.05, 3.63) is 95.6 Å². The summed E-state index contributed by atoms with van der Waals surface area (Å²) in [6.45, 7) is 1.64. The van der Waals surface area contributed by atoms with E-state index in [4.69, 9.17) is 21.0 Å². The Morgan fingerprint density at radius 1 is 0.936 bits per heavy atom. The van der Waals surface area contributed by atoms with E-state index in [1.54, 1.807) is 47.7 Å². The van der Waals surface area contributed by atoms with Gasteiger partial charge in [0.2, 0.25) is 10.0 Å². The van der Waals surface area contributed by atoms with Gasteiger partial charge in [0.15, 0.2) is 5.78 Å². The number of carbonyl (C=O) groups excluding carboxylic acids is 1. The topological polar surface area (TPSA) is 97.8 Å². The molecule has 0 radical (unpaired) electrons. The molecule has 0 unspecified atom stereocenters. The number of halogens is 4. The zero-order valence-corrected chi connectivity index (χ0v) is 26.7. The zero-order valence-electron chi connectivity index (χ0n) is 25.1. The highest BCUT2D eigenvalue weighted by molar-refractivity contribution is 7.92. The van der Waals surface area contributed by atoms with Crippen molar-refractivity contribution >= 4 is 71.5 Å². The standard InChI is InChI=1S/C34H24ClF3N4O4S/c1-4-29(43)32-21-13-20(27(41(2)47(3,44)45)15-30(21)46-34(32)18-9-8-17(36)12-23(18)38)24-10-11-25-33(40-24)28-14-19-22(37)6-5-7-26(19)42(28)31(16-35)39-25/h5-15H,4,16H2,1-3H3. The number of hydrogen-bond acceptors (Lipinski definition) is 6. The Balaban J connectivity index is 1.56. The van der Waals surface area contributed by atoms with Crippen molar-refractivity contribution in [1.82, 2.24) is 14.4 Å². The Bertz CT molecular complexity index is 2560. The van der Waals surface area contributed by atoms with Crippen molar-refractivity contribution in [2.24, 2.45) is 0 Å². The summed E-state index contributed by atoms with van der Waals surface area (Å²) < 4.78 is 78.2. The maximum atomic E-state index is 15.0. The number of alkyl halides is 1. The lowest BCUT2D eigenvalue weighted by Gasteiger charge is -2.20. The lowest BCUT2D eigenvalue weighted by molar-refractivity contribution is 0.0989. The number of benzene rings is 3. The quantitative estimate of drug-likeness (QED) is 0.125. The molecule has 0 aliphatic carbocycles. The van der Waals surface area contributed by atoms with Gasteiger partial charge in [-0.15, -0.1) is 11.6 Å². The number of sulfonamides is 1. The zero-order chi connectivity index (χ0) is 33.4. The molecule has 7 rings (SSSR count). The molecule has 7 aromatic rings. The second-order valence-corrected chi connectivity index (χ2v) is 13.3. The highest BCUT2D eigenvalue weighted by Gasteiger charge is 2.27. The molecule has 0 bridgehead atoms. The summed E-state index contributed by atoms with van der Waals surface area (Å²) in [5, 5.41) is 0.635. The van der Waals surface area contributed by atoms with E-state index in [-0.39, 0.29) is 51.6 Å². The number of hydrogen-bond donors (Lipinski definition) is 0. The first-order chi connectivity index (χ1) is 22.4. The SMILES string of the molecule is CCC(=O)c1c(-c2ccc(F)cc2F)oc2cc(N(C)S(C)(=O)=O)c(-c3ccc4nc(CCl)n5c6cccc(F)c6cc5c4n3)cc12. The fraction of sp³-hybridized carbons (Fsp3) is 0.147. The first-order valence-corrected chi connectivity index (χ1v) is 16.8. The lowest BCUT2D eigenvalue weighted by atomic mass is 9.97. The van der Waals surface area contributed by atoms with Crippen molar-refractivity contribution in [2.75, 3.05) is 17.6 Å². The number of carbonyl (C=O) groups is 1.